The number of methoxy groups -OCH3 is 1. The van der Waals surface area contributed by atoms with Gasteiger partial charge in [0.05, 0.1) is 29.8 Å². The topological polar surface area (TPSA) is 94.4 Å². The van der Waals surface area contributed by atoms with Crippen LogP contribution in [0.25, 0.3) is 0 Å². The van der Waals surface area contributed by atoms with Gasteiger partial charge in [0.25, 0.3) is 0 Å². The summed E-state index contributed by atoms with van der Waals surface area (Å²) in [4.78, 5) is 11.6. The van der Waals surface area contributed by atoms with Crippen molar-refractivity contribution in [2.75, 3.05) is 20.2 Å². The summed E-state index contributed by atoms with van der Waals surface area (Å²) in [6, 6.07) is 5.96. The largest absolute Gasteiger partial charge is 0.465 e. The monoisotopic (exact) mass is 350 g/mol. The summed E-state index contributed by atoms with van der Waals surface area (Å²) in [5, 5.41) is 7.76. The van der Waals surface area contributed by atoms with Crippen molar-refractivity contribution in [2.24, 2.45) is 0 Å². The standard InChI is InChI=1S/C15H18N4O4S/c1-23-15(20)12-2-4-14(5-3-12)24(21,22)18-9-6-13(7-10-18)19-11-8-16-17-19/h2-5,8,11,13H,6-7,9-10H2,1H3. The summed E-state index contributed by atoms with van der Waals surface area (Å²) in [6.07, 6.45) is 4.78. The van der Waals surface area contributed by atoms with Gasteiger partial charge < -0.3 is 4.74 Å². The van der Waals surface area contributed by atoms with Gasteiger partial charge in [-0.2, -0.15) is 4.31 Å². The van der Waals surface area contributed by atoms with Crippen molar-refractivity contribution in [3.63, 3.8) is 0 Å². The third-order valence-corrected chi connectivity index (χ3v) is 6.06. The molecule has 24 heavy (non-hydrogen) atoms. The molecule has 1 aliphatic rings. The summed E-state index contributed by atoms with van der Waals surface area (Å²) in [5.41, 5.74) is 0.321. The number of hydrogen-bond donors (Lipinski definition) is 0. The van der Waals surface area contributed by atoms with Crippen molar-refractivity contribution < 1.29 is 17.9 Å². The van der Waals surface area contributed by atoms with E-state index < -0.39 is 16.0 Å². The van der Waals surface area contributed by atoms with E-state index in [0.717, 1.165) is 0 Å². The fourth-order valence-corrected chi connectivity index (χ4v) is 4.26. The number of piperidine rings is 1. The molecule has 0 bridgehead atoms. The second-order valence-electron chi connectivity index (χ2n) is 5.53. The molecule has 1 aliphatic heterocycles. The number of hydrogen-bond acceptors (Lipinski definition) is 6. The summed E-state index contributed by atoms with van der Waals surface area (Å²) in [7, 11) is -2.28. The minimum Gasteiger partial charge on any atom is -0.465 e. The third kappa shape index (κ3) is 3.17. The minimum absolute atomic E-state index is 0.167. The van der Waals surface area contributed by atoms with Crippen LogP contribution < -0.4 is 0 Å². The summed E-state index contributed by atoms with van der Waals surface area (Å²) in [6.45, 7) is 0.844. The second-order valence-corrected chi connectivity index (χ2v) is 7.47. The molecule has 0 atom stereocenters. The van der Waals surface area contributed by atoms with E-state index in [1.807, 2.05) is 0 Å². The van der Waals surface area contributed by atoms with Gasteiger partial charge in [-0.1, -0.05) is 5.21 Å². The van der Waals surface area contributed by atoms with Crippen LogP contribution in [0.2, 0.25) is 0 Å². The van der Waals surface area contributed by atoms with Gasteiger partial charge in [-0.05, 0) is 37.1 Å². The number of nitrogens with zero attached hydrogens (tertiary/aromatic N) is 4. The van der Waals surface area contributed by atoms with Gasteiger partial charge in [0.1, 0.15) is 0 Å². The molecule has 0 radical (unpaired) electrons. The van der Waals surface area contributed by atoms with Crippen LogP contribution >= 0.6 is 0 Å². The quantitative estimate of drug-likeness (QED) is 0.766. The number of rotatable bonds is 4. The van der Waals surface area contributed by atoms with Gasteiger partial charge in [-0.3, -0.25) is 0 Å². The first kappa shape index (κ1) is 16.6. The Balaban J connectivity index is 1.71. The fraction of sp³-hybridized carbons (Fsp3) is 0.400. The molecule has 2 heterocycles. The molecular weight excluding hydrogens is 332 g/mol. The molecule has 128 valence electrons. The number of esters is 1. The number of ether oxygens (including phenoxy) is 1. The Morgan fingerprint density at radius 3 is 2.42 bits per heavy atom. The summed E-state index contributed by atoms with van der Waals surface area (Å²) >= 11 is 0. The lowest BCUT2D eigenvalue weighted by molar-refractivity contribution is 0.0600. The van der Waals surface area contributed by atoms with E-state index in [4.69, 9.17) is 0 Å². The average Bonchev–Trinajstić information content (AvgIpc) is 3.16. The van der Waals surface area contributed by atoms with Crippen LogP contribution in [0.15, 0.2) is 41.6 Å². The number of benzene rings is 1. The van der Waals surface area contributed by atoms with Gasteiger partial charge in [0, 0.05) is 19.3 Å². The van der Waals surface area contributed by atoms with E-state index in [1.165, 1.54) is 35.7 Å². The average molecular weight is 350 g/mol. The van der Waals surface area contributed by atoms with Crippen molar-refractivity contribution in [1.82, 2.24) is 19.3 Å². The molecule has 0 aliphatic carbocycles. The minimum atomic E-state index is -3.57. The fourth-order valence-electron chi connectivity index (χ4n) is 2.79. The zero-order valence-corrected chi connectivity index (χ0v) is 14.0. The molecule has 1 fully saturated rings. The molecule has 1 aromatic carbocycles. The number of carbonyl (C=O) groups is 1. The number of aromatic nitrogens is 3. The highest BCUT2D eigenvalue weighted by Gasteiger charge is 2.30. The highest BCUT2D eigenvalue weighted by Crippen LogP contribution is 2.26. The molecule has 0 unspecified atom stereocenters. The van der Waals surface area contributed by atoms with Gasteiger partial charge in [-0.15, -0.1) is 5.10 Å². The SMILES string of the molecule is COC(=O)c1ccc(S(=O)(=O)N2CCC(n3ccnn3)CC2)cc1. The van der Waals surface area contributed by atoms with E-state index in [0.29, 0.717) is 31.5 Å². The summed E-state index contributed by atoms with van der Waals surface area (Å²) in [5.74, 6) is -0.493. The first-order valence-corrected chi connectivity index (χ1v) is 9.00. The Morgan fingerprint density at radius 1 is 1.21 bits per heavy atom. The maximum Gasteiger partial charge on any atom is 0.337 e. The van der Waals surface area contributed by atoms with E-state index >= 15 is 0 Å². The molecule has 0 spiro atoms. The van der Waals surface area contributed by atoms with Crippen LogP contribution in [0.4, 0.5) is 0 Å². The second kappa shape index (κ2) is 6.70. The molecule has 0 N–H and O–H groups in total. The van der Waals surface area contributed by atoms with Crippen LogP contribution in [0.1, 0.15) is 29.2 Å². The first-order valence-electron chi connectivity index (χ1n) is 7.56. The lowest BCUT2D eigenvalue weighted by Gasteiger charge is -2.31. The van der Waals surface area contributed by atoms with Crippen LogP contribution in [0, 0.1) is 0 Å². The Labute approximate surface area is 140 Å². The molecular formula is C15H18N4O4S. The van der Waals surface area contributed by atoms with E-state index in [9.17, 15) is 13.2 Å². The lowest BCUT2D eigenvalue weighted by Crippen LogP contribution is -2.39. The molecule has 8 nitrogen and oxygen atoms in total. The van der Waals surface area contributed by atoms with Crippen molar-refractivity contribution in [2.45, 2.75) is 23.8 Å². The van der Waals surface area contributed by atoms with Crippen LogP contribution in [-0.2, 0) is 14.8 Å². The Kier molecular flexibility index (Phi) is 4.63. The molecule has 1 saturated heterocycles. The van der Waals surface area contributed by atoms with Crippen molar-refractivity contribution in [3.8, 4) is 0 Å². The predicted molar refractivity (Wildman–Crippen MR) is 84.8 cm³/mol. The van der Waals surface area contributed by atoms with E-state index in [2.05, 4.69) is 15.0 Å². The Bertz CT molecular complexity index is 795. The van der Waals surface area contributed by atoms with Crippen LogP contribution in [0.5, 0.6) is 0 Å². The smallest absolute Gasteiger partial charge is 0.337 e. The zero-order chi connectivity index (χ0) is 17.2. The van der Waals surface area contributed by atoms with Gasteiger partial charge >= 0.3 is 5.97 Å². The maximum absolute atomic E-state index is 12.7. The van der Waals surface area contributed by atoms with E-state index in [1.54, 1.807) is 17.1 Å². The summed E-state index contributed by atoms with van der Waals surface area (Å²) < 4.78 is 33.3. The van der Waals surface area contributed by atoms with Crippen molar-refractivity contribution in [1.29, 1.82) is 0 Å². The zero-order valence-electron chi connectivity index (χ0n) is 13.2. The molecule has 3 rings (SSSR count). The van der Waals surface area contributed by atoms with Crippen molar-refractivity contribution >= 4 is 16.0 Å². The molecule has 0 amide bonds. The molecule has 9 heteroatoms. The molecule has 1 aromatic heterocycles. The first-order chi connectivity index (χ1) is 11.5. The lowest BCUT2D eigenvalue weighted by atomic mass is 10.1. The highest BCUT2D eigenvalue weighted by molar-refractivity contribution is 7.89. The highest BCUT2D eigenvalue weighted by atomic mass is 32.2. The maximum atomic E-state index is 12.7. The number of sulfonamides is 1. The van der Waals surface area contributed by atoms with Crippen molar-refractivity contribution in [3.05, 3.63) is 42.2 Å². The Morgan fingerprint density at radius 2 is 1.88 bits per heavy atom. The third-order valence-electron chi connectivity index (χ3n) is 4.15. The van der Waals surface area contributed by atoms with Gasteiger partial charge in [0.2, 0.25) is 10.0 Å². The van der Waals surface area contributed by atoms with E-state index in [-0.39, 0.29) is 10.9 Å². The van der Waals surface area contributed by atoms with Gasteiger partial charge in [0.15, 0.2) is 0 Å². The normalized spacial score (nSPS) is 16.9. The molecule has 2 aromatic rings. The molecule has 0 saturated carbocycles. The predicted octanol–water partition coefficient (Wildman–Crippen LogP) is 1.09. The van der Waals surface area contributed by atoms with Crippen LogP contribution in [0.3, 0.4) is 0 Å². The van der Waals surface area contributed by atoms with Crippen LogP contribution in [-0.4, -0.2) is 53.9 Å². The number of carbonyl (C=O) groups excluding carboxylic acids is 1. The Hall–Kier alpha value is -2.26. The van der Waals surface area contributed by atoms with Gasteiger partial charge in [-0.25, -0.2) is 17.9 Å².